The van der Waals surface area contributed by atoms with Crippen molar-refractivity contribution in [2.75, 3.05) is 0 Å². The lowest BCUT2D eigenvalue weighted by atomic mass is 10.2. The van der Waals surface area contributed by atoms with Crippen molar-refractivity contribution in [1.29, 1.82) is 0 Å². The fraction of sp³-hybridized carbons (Fsp3) is 0.302. The zero-order valence-electron chi connectivity index (χ0n) is 30.8. The lowest BCUT2D eigenvalue weighted by Crippen LogP contribution is -2.94. The Morgan fingerprint density at radius 2 is 0.702 bits per heavy atom. The molecule has 4 heteroatoms. The topological polar surface area (TPSA) is 0 Å². The number of rotatable bonds is 8. The molecule has 0 spiro atoms. The van der Waals surface area contributed by atoms with Crippen LogP contribution in [0.4, 0.5) is 0 Å². The third-order valence-electron chi connectivity index (χ3n) is 11.3. The smallest absolute Gasteiger partial charge is 0.0656 e. The zero-order valence-corrected chi connectivity index (χ0v) is 34.8. The summed E-state index contributed by atoms with van der Waals surface area (Å²) >= 11 is 0. The highest BCUT2D eigenvalue weighted by atomic mass is 29.3. The predicted octanol–water partition coefficient (Wildman–Crippen LogP) is 7.56. The molecule has 0 radical (unpaired) electrons. The summed E-state index contributed by atoms with van der Waals surface area (Å²) in [6.45, 7) is 28.4. The monoisotopic (exact) mass is 684 g/mol. The Hall–Kier alpha value is -3.03. The van der Waals surface area contributed by atoms with E-state index in [0.717, 1.165) is 0 Å². The Kier molecular flexibility index (Phi) is 9.59. The second-order valence-corrected chi connectivity index (χ2v) is 39.2. The largest absolute Gasteiger partial charge is 0.150 e. The van der Waals surface area contributed by atoms with Crippen molar-refractivity contribution in [2.45, 2.75) is 84.4 Å². The van der Waals surface area contributed by atoms with Gasteiger partial charge in [-0.3, -0.25) is 0 Å². The van der Waals surface area contributed by atoms with Crippen molar-refractivity contribution >= 4 is 67.6 Å². The first-order chi connectivity index (χ1) is 22.0. The van der Waals surface area contributed by atoms with Crippen LogP contribution in [0.15, 0.2) is 140 Å². The summed E-state index contributed by atoms with van der Waals surface area (Å²) in [6.07, 6.45) is 0. The Labute approximate surface area is 290 Å². The van der Waals surface area contributed by atoms with Crippen LogP contribution in [-0.2, 0) is 0 Å². The molecule has 5 aromatic carbocycles. The fourth-order valence-corrected chi connectivity index (χ4v) is 38.5. The molecule has 5 rings (SSSR count). The van der Waals surface area contributed by atoms with Crippen molar-refractivity contribution in [3.05, 3.63) is 140 Å². The third-order valence-corrected chi connectivity index (χ3v) is 38.7. The van der Waals surface area contributed by atoms with Crippen molar-refractivity contribution < 1.29 is 0 Å². The van der Waals surface area contributed by atoms with Gasteiger partial charge in [0.1, 0.15) is 15.2 Å². The van der Waals surface area contributed by atoms with Gasteiger partial charge in [0.2, 0.25) is 0 Å². The van der Waals surface area contributed by atoms with Gasteiger partial charge in [0.25, 0.3) is 0 Å². The minimum atomic E-state index is -2.90. The van der Waals surface area contributed by atoms with Crippen LogP contribution in [0.3, 0.4) is 0 Å². The van der Waals surface area contributed by atoms with Crippen molar-refractivity contribution in [1.82, 2.24) is 0 Å². The number of hydrogen-bond acceptors (Lipinski definition) is 0. The van der Waals surface area contributed by atoms with Gasteiger partial charge in [0.05, 0.1) is 16.1 Å². The van der Waals surface area contributed by atoms with E-state index in [-0.39, 0.29) is 10.1 Å². The molecule has 0 nitrogen and oxygen atoms in total. The molecule has 1 atom stereocenters. The molecule has 0 saturated carbocycles. The molecule has 0 saturated heterocycles. The van der Waals surface area contributed by atoms with E-state index in [1.165, 1.54) is 15.6 Å². The van der Waals surface area contributed by atoms with E-state index in [4.69, 9.17) is 0 Å². The molecular weight excluding hydrogens is 629 g/mol. The van der Waals surface area contributed by atoms with Crippen LogP contribution in [0.1, 0.15) is 41.5 Å². The summed E-state index contributed by atoms with van der Waals surface area (Å²) in [5.74, 6) is 0. The highest BCUT2D eigenvalue weighted by Gasteiger charge is 2.67. The SMILES string of the molecule is CC(C)(C)[Si](C)(C)c1c([Si](C)(C)C)cccc1[Si](c1ccccc1)(C(C)(C)C)[Si](c1ccccc1)(c1ccccc1)c1ccccc1. The van der Waals surface area contributed by atoms with Gasteiger partial charge in [-0.25, -0.2) is 0 Å². The molecule has 0 N–H and O–H groups in total. The fourth-order valence-electron chi connectivity index (χ4n) is 8.41. The van der Waals surface area contributed by atoms with Gasteiger partial charge in [-0.2, -0.15) is 0 Å². The second kappa shape index (κ2) is 12.8. The van der Waals surface area contributed by atoms with E-state index in [9.17, 15) is 0 Å². The molecule has 5 aromatic rings. The summed E-state index contributed by atoms with van der Waals surface area (Å²) in [4.78, 5) is 0. The van der Waals surface area contributed by atoms with E-state index in [0.29, 0.717) is 0 Å². The first-order valence-corrected chi connectivity index (χ1v) is 28.9. The normalized spacial score (nSPS) is 14.4. The Morgan fingerprint density at radius 3 is 1.02 bits per heavy atom. The molecular formula is C43H56Si4. The molecule has 0 aliphatic heterocycles. The maximum Gasteiger partial charge on any atom is 0.150 e. The predicted molar refractivity (Wildman–Crippen MR) is 221 cm³/mol. The van der Waals surface area contributed by atoms with Gasteiger partial charge in [-0.1, -0.05) is 250 Å². The second-order valence-electron chi connectivity index (χ2n) is 17.1. The average molecular weight is 685 g/mol. The van der Waals surface area contributed by atoms with Crippen LogP contribution in [0.25, 0.3) is 0 Å². The van der Waals surface area contributed by atoms with Gasteiger partial charge in [-0.15, -0.1) is 0 Å². The summed E-state index contributed by atoms with van der Waals surface area (Å²) in [6, 6.07) is 54.8. The van der Waals surface area contributed by atoms with E-state index in [1.807, 2.05) is 0 Å². The van der Waals surface area contributed by atoms with E-state index in [2.05, 4.69) is 214 Å². The van der Waals surface area contributed by atoms with Crippen LogP contribution in [0.2, 0.25) is 42.8 Å². The van der Waals surface area contributed by atoms with Crippen molar-refractivity contribution in [2.24, 2.45) is 0 Å². The van der Waals surface area contributed by atoms with E-state index < -0.39 is 31.3 Å². The van der Waals surface area contributed by atoms with Crippen LogP contribution in [0.5, 0.6) is 0 Å². The summed E-state index contributed by atoms with van der Waals surface area (Å²) in [5, 5.41) is 11.4. The molecule has 0 aliphatic carbocycles. The molecule has 0 amide bonds. The van der Waals surface area contributed by atoms with Gasteiger partial charge in [0.15, 0.2) is 0 Å². The van der Waals surface area contributed by atoms with Crippen LogP contribution in [0, 0.1) is 0 Å². The molecule has 244 valence electrons. The Morgan fingerprint density at radius 1 is 0.362 bits per heavy atom. The average Bonchev–Trinajstić information content (AvgIpc) is 3.03. The lowest BCUT2D eigenvalue weighted by Gasteiger charge is -2.58. The van der Waals surface area contributed by atoms with Gasteiger partial charge in [0, 0.05) is 0 Å². The molecule has 0 aliphatic rings. The first-order valence-electron chi connectivity index (χ1n) is 17.4. The molecule has 0 aromatic heterocycles. The van der Waals surface area contributed by atoms with Gasteiger partial charge in [-0.05, 0) is 10.1 Å². The van der Waals surface area contributed by atoms with Crippen LogP contribution >= 0.6 is 0 Å². The van der Waals surface area contributed by atoms with E-state index >= 15 is 0 Å². The molecule has 1 unspecified atom stereocenters. The highest BCUT2D eigenvalue weighted by molar-refractivity contribution is 7.64. The van der Waals surface area contributed by atoms with Crippen molar-refractivity contribution in [3.63, 3.8) is 0 Å². The minimum absolute atomic E-state index is 0.0444. The molecule has 0 fully saturated rings. The summed E-state index contributed by atoms with van der Waals surface area (Å²) < 4.78 is 0. The van der Waals surface area contributed by atoms with Crippen LogP contribution in [-0.4, -0.2) is 31.3 Å². The zero-order chi connectivity index (χ0) is 34.3. The highest BCUT2D eigenvalue weighted by Crippen LogP contribution is 2.43. The third kappa shape index (κ3) is 5.75. The number of hydrogen-bond donors (Lipinski definition) is 0. The number of benzene rings is 5. The minimum Gasteiger partial charge on any atom is -0.0656 e. The molecule has 0 heterocycles. The summed E-state index contributed by atoms with van der Waals surface area (Å²) in [5.41, 5.74) is 0. The maximum atomic E-state index is 2.68. The lowest BCUT2D eigenvalue weighted by molar-refractivity contribution is 0.729. The first kappa shape index (κ1) is 35.3. The summed E-state index contributed by atoms with van der Waals surface area (Å²) in [7, 11) is -9.65. The van der Waals surface area contributed by atoms with E-state index in [1.54, 1.807) is 20.7 Å². The quantitative estimate of drug-likeness (QED) is 0.117. The van der Waals surface area contributed by atoms with Crippen LogP contribution < -0.4 is 36.3 Å². The standard InChI is InChI=1S/C43H56Si4/c1-42(2,3)45(10,11)41-39(44(7,8)9)33-24-34-40(41)47(43(4,5)6,38-31-22-15-23-32-38)46(35-25-16-12-17-26-35,36-27-18-13-19-28-36)37-29-20-14-21-30-37/h12-34H,1-11H3. The van der Waals surface area contributed by atoms with Gasteiger partial charge >= 0.3 is 0 Å². The van der Waals surface area contributed by atoms with Gasteiger partial charge < -0.3 is 0 Å². The maximum absolute atomic E-state index is 2.90. The Bertz CT molecular complexity index is 1680. The molecule has 47 heavy (non-hydrogen) atoms. The molecule has 0 bridgehead atoms. The Balaban J connectivity index is 2.23. The van der Waals surface area contributed by atoms with Crippen molar-refractivity contribution in [3.8, 4) is 0 Å².